The summed E-state index contributed by atoms with van der Waals surface area (Å²) >= 11 is 3.53. The van der Waals surface area contributed by atoms with Gasteiger partial charge >= 0.3 is 0 Å². The predicted octanol–water partition coefficient (Wildman–Crippen LogP) is 9.06. The van der Waals surface area contributed by atoms with Crippen LogP contribution in [0.2, 0.25) is 18.1 Å². The van der Waals surface area contributed by atoms with E-state index in [1.54, 1.807) is 14.2 Å². The molecule has 1 saturated carbocycles. The van der Waals surface area contributed by atoms with Gasteiger partial charge in [0.05, 0.1) is 6.61 Å². The Morgan fingerprint density at radius 3 is 2.34 bits per heavy atom. The molecular weight excluding hydrogens is 596 g/mol. The van der Waals surface area contributed by atoms with Crippen molar-refractivity contribution in [1.29, 1.82) is 0 Å². The molecule has 0 radical (unpaired) electrons. The van der Waals surface area contributed by atoms with Crippen molar-refractivity contribution in [3.05, 3.63) is 23.3 Å². The molecule has 0 unspecified atom stereocenters. The molecule has 0 amide bonds. The normalized spacial score (nSPS) is 24.1. The van der Waals surface area contributed by atoms with Gasteiger partial charge < -0.3 is 23.7 Å². The molecule has 41 heavy (non-hydrogen) atoms. The summed E-state index contributed by atoms with van der Waals surface area (Å²) in [4.78, 5) is 0. The van der Waals surface area contributed by atoms with Gasteiger partial charge in [-0.1, -0.05) is 81.7 Å². The number of halogens is 1. The molecule has 1 aliphatic carbocycles. The molecule has 0 aromatic heterocycles. The largest absolute Gasteiger partial charge is 0.508 e. The lowest BCUT2D eigenvalue weighted by Crippen LogP contribution is -2.52. The summed E-state index contributed by atoms with van der Waals surface area (Å²) in [5.74, 6) is 7.30. The highest BCUT2D eigenvalue weighted by atomic mass is 79.9. The number of hydrogen-bond donors (Lipinski definition) is 1. The molecule has 3 atom stereocenters. The van der Waals surface area contributed by atoms with Crippen LogP contribution in [0.3, 0.4) is 0 Å². The zero-order valence-electron chi connectivity index (χ0n) is 27.3. The first-order valence-corrected chi connectivity index (χ1v) is 19.4. The van der Waals surface area contributed by atoms with Crippen LogP contribution in [-0.2, 0) is 19.3 Å². The number of benzene rings is 1. The van der Waals surface area contributed by atoms with Crippen molar-refractivity contribution < 1.29 is 23.7 Å². The third-order valence-electron chi connectivity index (χ3n) is 10.2. The summed E-state index contributed by atoms with van der Waals surface area (Å²) in [6.07, 6.45) is 8.08. The standard InChI is InChI=1S/C34H55BrO5Si/c1-31(2,3)41(9,10)39-21-15-18-33(6)27-16-19-34(37-7,38-8)24-26(27)30-28(36)22-25(23-29(30)40-33)32(4,5)17-13-11-12-14-20-35/h22-23,26-27,36H,11-14,16-17,19-21,24H2,1-10H3/t26-,27-,33+/m1/s1. The van der Waals surface area contributed by atoms with Gasteiger partial charge in [-0.3, -0.25) is 0 Å². The fourth-order valence-corrected chi connectivity index (χ4v) is 7.52. The maximum absolute atomic E-state index is 11.5. The maximum atomic E-state index is 11.5. The van der Waals surface area contributed by atoms with E-state index >= 15 is 0 Å². The van der Waals surface area contributed by atoms with Crippen LogP contribution < -0.4 is 4.74 Å². The second-order valence-corrected chi connectivity index (χ2v) is 20.1. The summed E-state index contributed by atoms with van der Waals surface area (Å²) in [5.41, 5.74) is 1.16. The lowest BCUT2D eigenvalue weighted by atomic mass is 9.64. The first-order valence-electron chi connectivity index (χ1n) is 15.4. The highest BCUT2D eigenvalue weighted by Gasteiger charge is 2.54. The minimum Gasteiger partial charge on any atom is -0.508 e. The van der Waals surface area contributed by atoms with Crippen LogP contribution in [0.5, 0.6) is 11.5 Å². The number of ether oxygens (including phenoxy) is 3. The van der Waals surface area contributed by atoms with Crippen LogP contribution in [0.15, 0.2) is 12.1 Å². The SMILES string of the molecule is COC1(OC)CC[C@@H]2[C@@H](C1)c1c(O)cc(C(C)(C)CCCCCCBr)cc1O[C@@]2(C)C#CCO[Si](C)(C)C(C)(C)C. The molecule has 5 nitrogen and oxygen atoms in total. The Kier molecular flexibility index (Phi) is 11.2. The van der Waals surface area contributed by atoms with Gasteiger partial charge in [0.15, 0.2) is 19.7 Å². The van der Waals surface area contributed by atoms with Crippen LogP contribution in [0.1, 0.15) is 110 Å². The Morgan fingerprint density at radius 1 is 1.07 bits per heavy atom. The van der Waals surface area contributed by atoms with E-state index in [1.807, 2.05) is 6.07 Å². The molecule has 0 spiro atoms. The molecule has 1 heterocycles. The summed E-state index contributed by atoms with van der Waals surface area (Å²) in [6, 6.07) is 4.13. The van der Waals surface area contributed by atoms with Crippen molar-refractivity contribution in [2.75, 3.05) is 26.2 Å². The highest BCUT2D eigenvalue weighted by molar-refractivity contribution is 9.09. The summed E-state index contributed by atoms with van der Waals surface area (Å²) < 4.78 is 25.0. The zero-order valence-corrected chi connectivity index (χ0v) is 29.9. The summed E-state index contributed by atoms with van der Waals surface area (Å²) in [6.45, 7) is 18.3. The Morgan fingerprint density at radius 2 is 1.73 bits per heavy atom. The van der Waals surface area contributed by atoms with Crippen LogP contribution in [-0.4, -0.2) is 51.0 Å². The lowest BCUT2D eigenvalue weighted by Gasteiger charge is -2.51. The number of fused-ring (bicyclic) bond motifs is 3. The van der Waals surface area contributed by atoms with Crippen LogP contribution in [0.25, 0.3) is 0 Å². The molecule has 1 aromatic carbocycles. The lowest BCUT2D eigenvalue weighted by molar-refractivity contribution is -0.237. The van der Waals surface area contributed by atoms with Crippen molar-refractivity contribution in [2.24, 2.45) is 5.92 Å². The quantitative estimate of drug-likeness (QED) is 0.0851. The highest BCUT2D eigenvalue weighted by Crippen LogP contribution is 2.57. The minimum absolute atomic E-state index is 0.00516. The number of rotatable bonds is 11. The first-order chi connectivity index (χ1) is 19.0. The van der Waals surface area contributed by atoms with Crippen molar-refractivity contribution in [2.45, 2.75) is 134 Å². The predicted molar refractivity (Wildman–Crippen MR) is 175 cm³/mol. The maximum Gasteiger partial charge on any atom is 0.193 e. The second-order valence-electron chi connectivity index (χ2n) is 14.5. The molecule has 3 rings (SSSR count). The van der Waals surface area contributed by atoms with Crippen molar-refractivity contribution in [1.82, 2.24) is 0 Å². The van der Waals surface area contributed by atoms with E-state index in [-0.39, 0.29) is 22.3 Å². The van der Waals surface area contributed by atoms with E-state index in [1.165, 1.54) is 19.3 Å². The van der Waals surface area contributed by atoms with Gasteiger partial charge in [-0.2, -0.15) is 0 Å². The van der Waals surface area contributed by atoms with Crippen LogP contribution in [0, 0.1) is 17.8 Å². The average Bonchev–Trinajstić information content (AvgIpc) is 2.89. The second kappa shape index (κ2) is 13.3. The monoisotopic (exact) mass is 650 g/mol. The number of phenols is 1. The van der Waals surface area contributed by atoms with Gasteiger partial charge in [0.25, 0.3) is 0 Å². The zero-order chi connectivity index (χ0) is 30.7. The Labute approximate surface area is 259 Å². The number of aromatic hydroxyl groups is 1. The number of methoxy groups -OCH3 is 2. The average molecular weight is 652 g/mol. The van der Waals surface area contributed by atoms with Gasteiger partial charge in [-0.25, -0.2) is 0 Å². The molecule has 2 aliphatic rings. The van der Waals surface area contributed by atoms with Gasteiger partial charge in [0, 0.05) is 49.8 Å². The molecule has 1 aromatic rings. The van der Waals surface area contributed by atoms with E-state index in [2.05, 4.69) is 88.5 Å². The van der Waals surface area contributed by atoms with Gasteiger partial charge in [-0.15, -0.1) is 0 Å². The molecule has 1 N–H and O–H groups in total. The Bertz CT molecular complexity index is 1090. The van der Waals surface area contributed by atoms with Gasteiger partial charge in [0.2, 0.25) is 0 Å². The smallest absolute Gasteiger partial charge is 0.193 e. The third kappa shape index (κ3) is 7.73. The van der Waals surface area contributed by atoms with E-state index < -0.39 is 19.7 Å². The van der Waals surface area contributed by atoms with Crippen molar-refractivity contribution >= 4 is 24.2 Å². The van der Waals surface area contributed by atoms with E-state index in [0.717, 1.165) is 47.9 Å². The molecule has 0 bridgehead atoms. The van der Waals surface area contributed by atoms with Gasteiger partial charge in [-0.05, 0) is 67.4 Å². The van der Waals surface area contributed by atoms with Crippen LogP contribution >= 0.6 is 15.9 Å². The topological polar surface area (TPSA) is 57.2 Å². The van der Waals surface area contributed by atoms with E-state index in [9.17, 15) is 5.11 Å². The van der Waals surface area contributed by atoms with Crippen molar-refractivity contribution in [3.63, 3.8) is 0 Å². The third-order valence-corrected chi connectivity index (χ3v) is 15.3. The molecule has 1 aliphatic heterocycles. The van der Waals surface area contributed by atoms with E-state index in [0.29, 0.717) is 18.8 Å². The Balaban J connectivity index is 1.97. The first kappa shape index (κ1) is 34.4. The molecule has 0 saturated heterocycles. The fourth-order valence-electron chi connectivity index (χ4n) is 6.26. The molecular formula is C34H55BrO5Si. The number of alkyl halides is 1. The van der Waals surface area contributed by atoms with Crippen LogP contribution in [0.4, 0.5) is 0 Å². The minimum atomic E-state index is -1.90. The summed E-state index contributed by atoms with van der Waals surface area (Å²) in [5, 5.41) is 12.7. The fraction of sp³-hybridized carbons (Fsp3) is 0.765. The van der Waals surface area contributed by atoms with E-state index in [4.69, 9.17) is 18.6 Å². The molecule has 7 heteroatoms. The molecule has 1 fully saturated rings. The van der Waals surface area contributed by atoms with Crippen molar-refractivity contribution in [3.8, 4) is 23.3 Å². The summed E-state index contributed by atoms with van der Waals surface area (Å²) in [7, 11) is 1.52. The number of unbranched alkanes of at least 4 members (excludes halogenated alkanes) is 3. The van der Waals surface area contributed by atoms with Gasteiger partial charge in [0.1, 0.15) is 11.5 Å². The number of phenolic OH excluding ortho intramolecular Hbond substituents is 1. The Hall–Kier alpha value is -1.04. The molecule has 232 valence electrons. The number of hydrogen-bond acceptors (Lipinski definition) is 5.